The number of thiophene rings is 1. The Morgan fingerprint density at radius 3 is 2.80 bits per heavy atom. The monoisotopic (exact) mass is 288 g/mol. The summed E-state index contributed by atoms with van der Waals surface area (Å²) >= 11 is 4.34. The normalized spacial score (nSPS) is 10.9. The predicted octanol–water partition coefficient (Wildman–Crippen LogP) is 3.81. The number of carbonyl (C=O) groups is 1. The van der Waals surface area contributed by atoms with Crippen LogP contribution < -0.4 is 0 Å². The number of aromatic carboxylic acids is 1. The Bertz CT molecular complexity index is 562. The van der Waals surface area contributed by atoms with Crippen LogP contribution in [0.3, 0.4) is 0 Å². The Morgan fingerprint density at radius 2 is 2.20 bits per heavy atom. The summed E-state index contributed by atoms with van der Waals surface area (Å²) in [4.78, 5) is 11.1. The molecule has 1 aromatic heterocycles. The van der Waals surface area contributed by atoms with Crippen molar-refractivity contribution in [2.24, 2.45) is 0 Å². The fraction of sp³-hybridized carbons (Fsp3) is 0.100. The molecular formula is C10H6BrFO2S. The first-order chi connectivity index (χ1) is 7.00. The molecule has 0 spiro atoms. The number of halogens is 2. The van der Waals surface area contributed by atoms with Crippen molar-refractivity contribution >= 4 is 43.3 Å². The van der Waals surface area contributed by atoms with Crippen LogP contribution in [0.1, 0.15) is 15.2 Å². The Kier molecular flexibility index (Phi) is 2.52. The second-order valence-corrected chi connectivity index (χ2v) is 4.96. The van der Waals surface area contributed by atoms with Crippen molar-refractivity contribution in [3.63, 3.8) is 0 Å². The molecule has 0 radical (unpaired) electrons. The third-order valence-electron chi connectivity index (χ3n) is 2.07. The van der Waals surface area contributed by atoms with Crippen molar-refractivity contribution in [3.8, 4) is 0 Å². The number of carboxylic acid groups (broad SMARTS) is 1. The van der Waals surface area contributed by atoms with Gasteiger partial charge in [-0.15, -0.1) is 11.3 Å². The standard InChI is InChI=1S/C10H6BrFO2S/c1-4-2-5(12)3-6-7(11)9(10(13)14)15-8(4)6/h2-3H,1H3,(H,13,14). The summed E-state index contributed by atoms with van der Waals surface area (Å²) in [5.41, 5.74) is 0.753. The third kappa shape index (κ3) is 1.66. The molecule has 0 saturated carbocycles. The molecule has 1 heterocycles. The summed E-state index contributed by atoms with van der Waals surface area (Å²) in [7, 11) is 0. The van der Waals surface area contributed by atoms with Crippen molar-refractivity contribution in [1.29, 1.82) is 0 Å². The van der Waals surface area contributed by atoms with E-state index in [0.29, 0.717) is 9.86 Å². The highest BCUT2D eigenvalue weighted by Crippen LogP contribution is 2.37. The number of aryl methyl sites for hydroxylation is 1. The first kappa shape index (κ1) is 10.6. The Hall–Kier alpha value is -0.940. The van der Waals surface area contributed by atoms with E-state index < -0.39 is 5.97 Å². The van der Waals surface area contributed by atoms with Crippen LogP contribution in [0.4, 0.5) is 4.39 Å². The molecule has 2 rings (SSSR count). The van der Waals surface area contributed by atoms with Gasteiger partial charge in [-0.1, -0.05) is 0 Å². The van der Waals surface area contributed by atoms with E-state index in [4.69, 9.17) is 5.11 Å². The molecule has 0 atom stereocenters. The van der Waals surface area contributed by atoms with Gasteiger partial charge in [0.2, 0.25) is 0 Å². The molecule has 0 unspecified atom stereocenters. The van der Waals surface area contributed by atoms with E-state index >= 15 is 0 Å². The van der Waals surface area contributed by atoms with E-state index in [1.54, 1.807) is 6.92 Å². The lowest BCUT2D eigenvalue weighted by Crippen LogP contribution is -1.91. The lowest BCUT2D eigenvalue weighted by Gasteiger charge is -1.95. The molecule has 0 fully saturated rings. The third-order valence-corrected chi connectivity index (χ3v) is 4.49. The zero-order chi connectivity index (χ0) is 11.2. The van der Waals surface area contributed by atoms with Gasteiger partial charge in [-0.25, -0.2) is 9.18 Å². The van der Waals surface area contributed by atoms with E-state index in [9.17, 15) is 9.18 Å². The molecule has 15 heavy (non-hydrogen) atoms. The zero-order valence-electron chi connectivity index (χ0n) is 7.67. The fourth-order valence-electron chi connectivity index (χ4n) is 1.44. The van der Waals surface area contributed by atoms with Crippen LogP contribution in [0.25, 0.3) is 10.1 Å². The highest BCUT2D eigenvalue weighted by molar-refractivity contribution is 9.10. The second kappa shape index (κ2) is 3.57. The highest BCUT2D eigenvalue weighted by atomic mass is 79.9. The second-order valence-electron chi connectivity index (χ2n) is 3.15. The zero-order valence-corrected chi connectivity index (χ0v) is 10.1. The van der Waals surface area contributed by atoms with Crippen molar-refractivity contribution in [1.82, 2.24) is 0 Å². The van der Waals surface area contributed by atoms with Gasteiger partial charge in [0.05, 0.1) is 4.47 Å². The SMILES string of the molecule is Cc1cc(F)cc2c(Br)c(C(=O)O)sc12. The van der Waals surface area contributed by atoms with Crippen molar-refractivity contribution in [2.45, 2.75) is 6.92 Å². The van der Waals surface area contributed by atoms with Gasteiger partial charge in [0.15, 0.2) is 0 Å². The lowest BCUT2D eigenvalue weighted by atomic mass is 10.2. The predicted molar refractivity (Wildman–Crippen MR) is 61.2 cm³/mol. The number of carboxylic acids is 1. The van der Waals surface area contributed by atoms with E-state index in [1.807, 2.05) is 0 Å². The van der Waals surface area contributed by atoms with Crippen LogP contribution in [0.5, 0.6) is 0 Å². The van der Waals surface area contributed by atoms with Crippen molar-refractivity contribution in [2.75, 3.05) is 0 Å². The fourth-order valence-corrected chi connectivity index (χ4v) is 3.27. The molecule has 0 aliphatic rings. The lowest BCUT2D eigenvalue weighted by molar-refractivity contribution is 0.0701. The Labute approximate surface area is 97.5 Å². The number of hydrogen-bond acceptors (Lipinski definition) is 2. The van der Waals surface area contributed by atoms with Gasteiger partial charge >= 0.3 is 5.97 Å². The quantitative estimate of drug-likeness (QED) is 0.866. The molecular weight excluding hydrogens is 283 g/mol. The maximum absolute atomic E-state index is 13.1. The summed E-state index contributed by atoms with van der Waals surface area (Å²) in [5, 5.41) is 9.53. The van der Waals surface area contributed by atoms with Crippen molar-refractivity contribution in [3.05, 3.63) is 32.9 Å². The minimum atomic E-state index is -0.997. The van der Waals surface area contributed by atoms with Gasteiger partial charge in [0.1, 0.15) is 10.7 Å². The topological polar surface area (TPSA) is 37.3 Å². The van der Waals surface area contributed by atoms with Gasteiger partial charge < -0.3 is 5.11 Å². The first-order valence-corrected chi connectivity index (χ1v) is 5.73. The maximum atomic E-state index is 13.1. The van der Waals surface area contributed by atoms with Gasteiger partial charge in [-0.05, 0) is 40.5 Å². The summed E-state index contributed by atoms with van der Waals surface area (Å²) in [6.07, 6.45) is 0. The summed E-state index contributed by atoms with van der Waals surface area (Å²) < 4.78 is 14.4. The molecule has 2 aromatic rings. The molecule has 0 aliphatic carbocycles. The van der Waals surface area contributed by atoms with Crippen LogP contribution in [-0.2, 0) is 0 Å². The van der Waals surface area contributed by atoms with E-state index in [0.717, 1.165) is 21.6 Å². The summed E-state index contributed by atoms with van der Waals surface area (Å²) in [6.45, 7) is 1.76. The van der Waals surface area contributed by atoms with Gasteiger partial charge in [-0.2, -0.15) is 0 Å². The number of benzene rings is 1. The molecule has 1 N–H and O–H groups in total. The highest BCUT2D eigenvalue weighted by Gasteiger charge is 2.17. The molecule has 1 aromatic carbocycles. The number of hydrogen-bond donors (Lipinski definition) is 1. The average molecular weight is 289 g/mol. The largest absolute Gasteiger partial charge is 0.477 e. The van der Waals surface area contributed by atoms with Crippen molar-refractivity contribution < 1.29 is 14.3 Å². The average Bonchev–Trinajstić information content (AvgIpc) is 2.44. The Morgan fingerprint density at radius 1 is 1.53 bits per heavy atom. The number of fused-ring (bicyclic) bond motifs is 1. The van der Waals surface area contributed by atoms with Crippen LogP contribution in [0.2, 0.25) is 0 Å². The molecule has 5 heteroatoms. The first-order valence-electron chi connectivity index (χ1n) is 4.12. The van der Waals surface area contributed by atoms with E-state index in [2.05, 4.69) is 15.9 Å². The van der Waals surface area contributed by atoms with E-state index in [-0.39, 0.29) is 10.7 Å². The molecule has 0 amide bonds. The molecule has 2 nitrogen and oxygen atoms in total. The smallest absolute Gasteiger partial charge is 0.347 e. The van der Waals surface area contributed by atoms with Crippen LogP contribution >= 0.6 is 27.3 Å². The Balaban J connectivity index is 2.88. The van der Waals surface area contributed by atoms with Gasteiger partial charge in [0, 0.05) is 10.1 Å². The summed E-state index contributed by atoms with van der Waals surface area (Å²) in [6, 6.07) is 2.74. The summed E-state index contributed by atoms with van der Waals surface area (Å²) in [5.74, 6) is -1.35. The molecule has 0 saturated heterocycles. The van der Waals surface area contributed by atoms with Gasteiger partial charge in [-0.3, -0.25) is 0 Å². The molecule has 78 valence electrons. The van der Waals surface area contributed by atoms with Crippen LogP contribution in [0.15, 0.2) is 16.6 Å². The van der Waals surface area contributed by atoms with Gasteiger partial charge in [0.25, 0.3) is 0 Å². The van der Waals surface area contributed by atoms with E-state index in [1.165, 1.54) is 12.1 Å². The molecule has 0 bridgehead atoms. The van der Waals surface area contributed by atoms with Crippen LogP contribution in [-0.4, -0.2) is 11.1 Å². The molecule has 0 aliphatic heterocycles. The minimum absolute atomic E-state index is 0.207. The number of rotatable bonds is 1. The minimum Gasteiger partial charge on any atom is -0.477 e. The maximum Gasteiger partial charge on any atom is 0.347 e. The van der Waals surface area contributed by atoms with Crippen LogP contribution in [0, 0.1) is 12.7 Å².